The predicted octanol–water partition coefficient (Wildman–Crippen LogP) is 8.05. The molecule has 0 bridgehead atoms. The van der Waals surface area contributed by atoms with Gasteiger partial charge in [0.05, 0.1) is 34.2 Å². The van der Waals surface area contributed by atoms with E-state index in [1.54, 1.807) is 9.80 Å². The monoisotopic (exact) mass is 640 g/mol. The van der Waals surface area contributed by atoms with Crippen molar-refractivity contribution in [1.82, 2.24) is 29.7 Å². The molecule has 0 radical (unpaired) electrons. The zero-order valence-electron chi connectivity index (χ0n) is 26.5. The standard InChI is InChI=1S/C38H36N6O4/c45-37(47-23-25-9-3-1-4-10-25)43-19-7-13-33(43)35-39-29-17-15-27(21-31(29)41-35)28-16-18-30-32(22-28)42-36(40-30)34-14-8-20-44(34)38(46)48-24-26-11-5-2-6-12-26/h1-6,9-12,15-18,21-22,33-34H,7-8,13-14,19-20,23-24H2,(H,39,41)(H,40,42)/t33-,34-/m0/s1. The van der Waals surface area contributed by atoms with Crippen LogP contribution >= 0.6 is 0 Å². The Labute approximate surface area is 277 Å². The fourth-order valence-corrected chi connectivity index (χ4v) is 6.87. The van der Waals surface area contributed by atoms with Crippen LogP contribution in [0.15, 0.2) is 97.1 Å². The summed E-state index contributed by atoms with van der Waals surface area (Å²) in [5.74, 6) is 1.54. The lowest BCUT2D eigenvalue weighted by Gasteiger charge is -2.22. The van der Waals surface area contributed by atoms with Crippen LogP contribution in [-0.2, 0) is 22.7 Å². The van der Waals surface area contributed by atoms with E-state index < -0.39 is 0 Å². The smallest absolute Gasteiger partial charge is 0.410 e. The van der Waals surface area contributed by atoms with Crippen molar-refractivity contribution < 1.29 is 19.1 Å². The third-order valence-corrected chi connectivity index (χ3v) is 9.35. The molecule has 0 unspecified atom stereocenters. The first kappa shape index (κ1) is 29.7. The number of aromatic amines is 2. The molecule has 4 aromatic carbocycles. The number of nitrogens with zero attached hydrogens (tertiary/aromatic N) is 4. The number of carbonyl (C=O) groups is 2. The zero-order chi connectivity index (χ0) is 32.5. The number of rotatable bonds is 7. The normalized spacial score (nSPS) is 17.8. The molecule has 2 saturated heterocycles. The first-order valence-corrected chi connectivity index (χ1v) is 16.5. The number of hydrogen-bond donors (Lipinski definition) is 2. The maximum Gasteiger partial charge on any atom is 0.410 e. The summed E-state index contributed by atoms with van der Waals surface area (Å²) in [7, 11) is 0. The molecule has 0 saturated carbocycles. The molecule has 10 nitrogen and oxygen atoms in total. The largest absolute Gasteiger partial charge is 0.445 e. The number of aromatic nitrogens is 4. The minimum absolute atomic E-state index is 0.159. The van der Waals surface area contributed by atoms with E-state index in [0.29, 0.717) is 13.1 Å². The van der Waals surface area contributed by atoms with E-state index in [1.165, 1.54) is 0 Å². The first-order valence-electron chi connectivity index (χ1n) is 16.5. The molecule has 2 aliphatic rings. The van der Waals surface area contributed by atoms with Gasteiger partial charge in [-0.25, -0.2) is 19.6 Å². The quantitative estimate of drug-likeness (QED) is 0.182. The molecule has 2 aliphatic heterocycles. The number of carbonyl (C=O) groups excluding carboxylic acids is 2. The van der Waals surface area contributed by atoms with Gasteiger partial charge >= 0.3 is 12.2 Å². The molecule has 2 aromatic heterocycles. The molecular formula is C38H36N6O4. The lowest BCUT2D eigenvalue weighted by Crippen LogP contribution is -2.31. The van der Waals surface area contributed by atoms with E-state index in [-0.39, 0.29) is 37.5 Å². The van der Waals surface area contributed by atoms with Gasteiger partial charge in [-0.3, -0.25) is 9.80 Å². The molecule has 2 atom stereocenters. The lowest BCUT2D eigenvalue weighted by molar-refractivity contribution is 0.0903. The Morgan fingerprint density at radius 2 is 1.06 bits per heavy atom. The van der Waals surface area contributed by atoms with Crippen LogP contribution in [0.2, 0.25) is 0 Å². The van der Waals surface area contributed by atoms with Gasteiger partial charge in [0.15, 0.2) is 0 Å². The molecule has 242 valence electrons. The number of H-pyrrole nitrogens is 2. The Balaban J connectivity index is 0.973. The van der Waals surface area contributed by atoms with Crippen LogP contribution in [0.3, 0.4) is 0 Å². The minimum Gasteiger partial charge on any atom is -0.445 e. The Kier molecular flexibility index (Phi) is 7.97. The number of amides is 2. The molecule has 48 heavy (non-hydrogen) atoms. The number of nitrogens with one attached hydrogen (secondary N) is 2. The summed E-state index contributed by atoms with van der Waals surface area (Å²) in [6.45, 7) is 1.77. The van der Waals surface area contributed by atoms with Gasteiger partial charge < -0.3 is 19.4 Å². The number of imidazole rings is 2. The highest BCUT2D eigenvalue weighted by atomic mass is 16.6. The average molecular weight is 641 g/mol. The number of likely N-dealkylation sites (tertiary alicyclic amines) is 2. The molecule has 6 aromatic rings. The molecular weight excluding hydrogens is 604 g/mol. The summed E-state index contributed by atoms with van der Waals surface area (Å²) in [6.07, 6.45) is 2.81. The molecule has 2 N–H and O–H groups in total. The second-order valence-electron chi connectivity index (χ2n) is 12.5. The van der Waals surface area contributed by atoms with Gasteiger partial charge in [0.2, 0.25) is 0 Å². The Morgan fingerprint density at radius 3 is 1.50 bits per heavy atom. The highest BCUT2D eigenvalue weighted by Gasteiger charge is 2.34. The van der Waals surface area contributed by atoms with Crippen LogP contribution in [0, 0.1) is 0 Å². The van der Waals surface area contributed by atoms with E-state index >= 15 is 0 Å². The van der Waals surface area contributed by atoms with E-state index in [1.807, 2.05) is 72.8 Å². The summed E-state index contributed by atoms with van der Waals surface area (Å²) in [4.78, 5) is 46.3. The number of benzene rings is 4. The van der Waals surface area contributed by atoms with Gasteiger partial charge in [-0.1, -0.05) is 72.8 Å². The average Bonchev–Trinajstić information content (AvgIpc) is 3.95. The maximum atomic E-state index is 13.0. The second-order valence-corrected chi connectivity index (χ2v) is 12.5. The van der Waals surface area contributed by atoms with Gasteiger partial charge in [-0.05, 0) is 72.2 Å². The van der Waals surface area contributed by atoms with Gasteiger partial charge in [0.1, 0.15) is 24.9 Å². The van der Waals surface area contributed by atoms with Gasteiger partial charge in [-0.2, -0.15) is 0 Å². The zero-order valence-corrected chi connectivity index (χ0v) is 26.5. The van der Waals surface area contributed by atoms with Crippen LogP contribution in [0.25, 0.3) is 33.2 Å². The fraction of sp³-hybridized carbons (Fsp3) is 0.263. The van der Waals surface area contributed by atoms with Crippen molar-refractivity contribution in [3.8, 4) is 11.1 Å². The van der Waals surface area contributed by atoms with E-state index in [4.69, 9.17) is 19.4 Å². The topological polar surface area (TPSA) is 116 Å². The second kappa shape index (κ2) is 12.9. The lowest BCUT2D eigenvalue weighted by atomic mass is 10.0. The highest BCUT2D eigenvalue weighted by Crippen LogP contribution is 2.35. The molecule has 0 aliphatic carbocycles. The van der Waals surface area contributed by atoms with Crippen molar-refractivity contribution in [1.29, 1.82) is 0 Å². The van der Waals surface area contributed by atoms with Crippen molar-refractivity contribution in [2.45, 2.75) is 51.0 Å². The minimum atomic E-state index is -0.320. The molecule has 2 fully saturated rings. The van der Waals surface area contributed by atoms with Crippen molar-refractivity contribution in [3.63, 3.8) is 0 Å². The van der Waals surface area contributed by atoms with Crippen LogP contribution in [0.4, 0.5) is 9.59 Å². The molecule has 0 spiro atoms. The van der Waals surface area contributed by atoms with Crippen molar-refractivity contribution >= 4 is 34.3 Å². The molecule has 10 heteroatoms. The summed E-state index contributed by atoms with van der Waals surface area (Å²) in [6, 6.07) is 31.5. The summed E-state index contributed by atoms with van der Waals surface area (Å²) >= 11 is 0. The number of ether oxygens (including phenoxy) is 2. The van der Waals surface area contributed by atoms with Gasteiger partial charge in [0, 0.05) is 13.1 Å². The summed E-state index contributed by atoms with van der Waals surface area (Å²) in [5, 5.41) is 0. The van der Waals surface area contributed by atoms with Crippen LogP contribution in [0.1, 0.15) is 60.5 Å². The van der Waals surface area contributed by atoms with Crippen LogP contribution in [-0.4, -0.2) is 55.0 Å². The summed E-state index contributed by atoms with van der Waals surface area (Å²) < 4.78 is 11.3. The highest BCUT2D eigenvalue weighted by molar-refractivity contribution is 5.86. The van der Waals surface area contributed by atoms with E-state index in [9.17, 15) is 9.59 Å². The third kappa shape index (κ3) is 5.97. The van der Waals surface area contributed by atoms with Crippen molar-refractivity contribution in [2.75, 3.05) is 13.1 Å². The maximum absolute atomic E-state index is 13.0. The number of fused-ring (bicyclic) bond motifs is 2. The molecule has 8 rings (SSSR count). The Hall–Kier alpha value is -5.64. The Morgan fingerprint density at radius 1 is 0.625 bits per heavy atom. The molecule has 2 amide bonds. The Bertz CT molecular complexity index is 1930. The summed E-state index contributed by atoms with van der Waals surface area (Å²) in [5.41, 5.74) is 7.47. The first-order chi connectivity index (χ1) is 23.6. The van der Waals surface area contributed by atoms with Crippen molar-refractivity contribution in [3.05, 3.63) is 120 Å². The SMILES string of the molecule is O=C(OCc1ccccc1)N1CCC[C@H]1c1nc2cc(-c3ccc4[nH]c([C@@H]5CCCN5C(=O)OCc5ccccc5)nc4c3)ccc2[nH]1. The van der Waals surface area contributed by atoms with Crippen molar-refractivity contribution in [2.24, 2.45) is 0 Å². The van der Waals surface area contributed by atoms with Gasteiger partial charge in [-0.15, -0.1) is 0 Å². The fourth-order valence-electron chi connectivity index (χ4n) is 6.87. The van der Waals surface area contributed by atoms with Crippen LogP contribution in [0.5, 0.6) is 0 Å². The van der Waals surface area contributed by atoms with Crippen LogP contribution < -0.4 is 0 Å². The predicted molar refractivity (Wildman–Crippen MR) is 182 cm³/mol. The van der Waals surface area contributed by atoms with Gasteiger partial charge in [0.25, 0.3) is 0 Å². The number of hydrogen-bond acceptors (Lipinski definition) is 6. The van der Waals surface area contributed by atoms with E-state index in [2.05, 4.69) is 34.2 Å². The third-order valence-electron chi connectivity index (χ3n) is 9.35. The molecule has 4 heterocycles. The van der Waals surface area contributed by atoms with E-state index in [0.717, 1.165) is 81.7 Å².